The van der Waals surface area contributed by atoms with Crippen LogP contribution in [0.25, 0.3) is 10.9 Å². The van der Waals surface area contributed by atoms with Gasteiger partial charge in [-0.3, -0.25) is 14.3 Å². The first-order chi connectivity index (χ1) is 11.5. The van der Waals surface area contributed by atoms with Crippen LogP contribution in [-0.2, 0) is 6.42 Å². The van der Waals surface area contributed by atoms with Crippen molar-refractivity contribution >= 4 is 31.1 Å². The molecule has 7 heteroatoms. The maximum atomic E-state index is 12.4. The van der Waals surface area contributed by atoms with Crippen molar-refractivity contribution in [3.05, 3.63) is 32.5 Å². The molecule has 24 heavy (non-hydrogen) atoms. The number of rotatable bonds is 5. The van der Waals surface area contributed by atoms with Gasteiger partial charge in [0.15, 0.2) is 0 Å². The Morgan fingerprint density at radius 1 is 1.46 bits per heavy atom. The fourth-order valence-electron chi connectivity index (χ4n) is 3.74. The number of nitrogens with one attached hydrogen (secondary N) is 1. The van der Waals surface area contributed by atoms with Crippen molar-refractivity contribution in [3.8, 4) is 0 Å². The van der Waals surface area contributed by atoms with E-state index in [2.05, 4.69) is 26.0 Å². The van der Waals surface area contributed by atoms with Crippen LogP contribution in [0.3, 0.4) is 0 Å². The smallest absolute Gasteiger partial charge is 0.329 e. The lowest BCUT2D eigenvalue weighted by Crippen LogP contribution is -2.37. The van der Waals surface area contributed by atoms with Gasteiger partial charge in [-0.15, -0.1) is 9.24 Å². The zero-order valence-electron chi connectivity index (χ0n) is 14.3. The van der Waals surface area contributed by atoms with Gasteiger partial charge in [0.1, 0.15) is 0 Å². The zero-order valence-corrected chi connectivity index (χ0v) is 15.4. The van der Waals surface area contributed by atoms with Crippen molar-refractivity contribution in [1.82, 2.24) is 9.55 Å². The molecule has 1 aliphatic rings. The van der Waals surface area contributed by atoms with Crippen molar-refractivity contribution in [3.63, 3.8) is 0 Å². The molecule has 3 rings (SSSR count). The summed E-state index contributed by atoms with van der Waals surface area (Å²) in [5.74, 6) is 0. The number of aromatic amines is 1. The number of nitrogens with two attached hydrogens (primary N) is 1. The Morgan fingerprint density at radius 3 is 2.88 bits per heavy atom. The van der Waals surface area contributed by atoms with E-state index in [0.29, 0.717) is 11.9 Å². The summed E-state index contributed by atoms with van der Waals surface area (Å²) in [6.45, 7) is 6.53. The highest BCUT2D eigenvalue weighted by Gasteiger charge is 2.26. The number of anilines is 1. The summed E-state index contributed by atoms with van der Waals surface area (Å²) in [7, 11) is 2.76. The van der Waals surface area contributed by atoms with E-state index in [4.69, 9.17) is 5.73 Å². The van der Waals surface area contributed by atoms with Gasteiger partial charge in [-0.2, -0.15) is 0 Å². The third-order valence-corrected chi connectivity index (χ3v) is 5.35. The van der Waals surface area contributed by atoms with Crippen molar-refractivity contribution in [2.45, 2.75) is 39.2 Å². The molecular weight excluding hydrogens is 323 g/mol. The summed E-state index contributed by atoms with van der Waals surface area (Å²) in [5, 5.41) is 1.60. The van der Waals surface area contributed by atoms with E-state index in [-0.39, 0.29) is 17.3 Å². The highest BCUT2D eigenvalue weighted by atomic mass is 31.0. The number of hydrogen-bond donors (Lipinski definition) is 2. The quantitative estimate of drug-likeness (QED) is 0.786. The van der Waals surface area contributed by atoms with Gasteiger partial charge in [0, 0.05) is 30.4 Å². The first kappa shape index (κ1) is 17.2. The molecule has 0 aliphatic carbocycles. The number of H-pyrrole nitrogens is 1. The lowest BCUT2D eigenvalue weighted by atomic mass is 9.95. The third kappa shape index (κ3) is 2.68. The molecule has 2 atom stereocenters. The molecule has 0 fully saturated rings. The fraction of sp³-hybridized carbons (Fsp3) is 0.529. The summed E-state index contributed by atoms with van der Waals surface area (Å²) in [6.07, 6.45) is 2.68. The lowest BCUT2D eigenvalue weighted by Gasteiger charge is -2.32. The molecule has 130 valence electrons. The van der Waals surface area contributed by atoms with E-state index in [1.165, 1.54) is 0 Å². The fourth-order valence-corrected chi connectivity index (χ4v) is 4.26. The summed E-state index contributed by atoms with van der Waals surface area (Å²) >= 11 is 0. The summed E-state index contributed by atoms with van der Waals surface area (Å²) in [4.78, 5) is 29.4. The minimum absolute atomic E-state index is 0.0895. The Labute approximate surface area is 143 Å². The average molecular weight is 348 g/mol. The van der Waals surface area contributed by atoms with Crippen molar-refractivity contribution in [2.24, 2.45) is 5.73 Å². The molecule has 0 radical (unpaired) electrons. The first-order valence-corrected chi connectivity index (χ1v) is 9.12. The van der Waals surface area contributed by atoms with Gasteiger partial charge in [0.2, 0.25) is 0 Å². The molecule has 1 aromatic carbocycles. The van der Waals surface area contributed by atoms with E-state index in [1.54, 1.807) is 4.57 Å². The van der Waals surface area contributed by atoms with Crippen LogP contribution in [0.15, 0.2) is 15.7 Å². The standard InChI is InChI=1S/C17H25N4O2P/c1-3-20(8-4-7-18)15-11-6-5-10(2)21-14(11)12(9-13(15)24)16(22)19-17(21)23/h9-10H,3-8,18,24H2,1-2H3,(H,19,22,23). The molecule has 0 bridgehead atoms. The van der Waals surface area contributed by atoms with Gasteiger partial charge >= 0.3 is 5.69 Å². The largest absolute Gasteiger partial charge is 0.371 e. The normalized spacial score (nSPS) is 16.6. The molecule has 6 nitrogen and oxygen atoms in total. The summed E-state index contributed by atoms with van der Waals surface area (Å²) < 4.78 is 1.75. The third-order valence-electron chi connectivity index (χ3n) is 4.91. The molecule has 2 heterocycles. The molecule has 3 N–H and O–H groups in total. The Morgan fingerprint density at radius 2 is 2.21 bits per heavy atom. The molecule has 0 spiro atoms. The highest BCUT2D eigenvalue weighted by Crippen LogP contribution is 2.34. The van der Waals surface area contributed by atoms with Crippen molar-refractivity contribution in [2.75, 3.05) is 24.5 Å². The van der Waals surface area contributed by atoms with Crippen LogP contribution in [0.4, 0.5) is 5.69 Å². The Bertz CT molecular complexity index is 887. The monoisotopic (exact) mass is 348 g/mol. The van der Waals surface area contributed by atoms with Gasteiger partial charge in [-0.25, -0.2) is 4.79 Å². The first-order valence-electron chi connectivity index (χ1n) is 8.54. The maximum Gasteiger partial charge on any atom is 0.329 e. The summed E-state index contributed by atoms with van der Waals surface area (Å²) in [5.41, 5.74) is 8.11. The molecule has 1 aromatic heterocycles. The molecule has 1 aliphatic heterocycles. The van der Waals surface area contributed by atoms with E-state index in [9.17, 15) is 9.59 Å². The predicted octanol–water partition coefficient (Wildman–Crippen LogP) is 0.872. The maximum absolute atomic E-state index is 12.4. The van der Waals surface area contributed by atoms with E-state index < -0.39 is 0 Å². The number of hydrogen-bond acceptors (Lipinski definition) is 4. The molecule has 0 saturated carbocycles. The molecule has 2 unspecified atom stereocenters. The minimum Gasteiger partial charge on any atom is -0.371 e. The van der Waals surface area contributed by atoms with Gasteiger partial charge in [0.25, 0.3) is 5.56 Å². The second-order valence-electron chi connectivity index (χ2n) is 6.43. The van der Waals surface area contributed by atoms with E-state index in [0.717, 1.165) is 54.4 Å². The van der Waals surface area contributed by atoms with Crippen molar-refractivity contribution < 1.29 is 0 Å². The van der Waals surface area contributed by atoms with Crippen LogP contribution in [0.5, 0.6) is 0 Å². The second kappa shape index (κ2) is 6.69. The Hall–Kier alpha value is -1.65. The summed E-state index contributed by atoms with van der Waals surface area (Å²) in [6, 6.07) is 1.98. The highest BCUT2D eigenvalue weighted by molar-refractivity contribution is 7.28. The zero-order chi connectivity index (χ0) is 17.4. The number of aromatic nitrogens is 2. The molecule has 0 amide bonds. The van der Waals surface area contributed by atoms with Gasteiger partial charge in [0.05, 0.1) is 10.9 Å². The SMILES string of the molecule is CCN(CCCN)c1c(P)cc2c(=O)[nH]c(=O)n3c2c1CCC3C. The lowest BCUT2D eigenvalue weighted by molar-refractivity contribution is 0.480. The van der Waals surface area contributed by atoms with Crippen LogP contribution in [0.2, 0.25) is 0 Å². The topological polar surface area (TPSA) is 84.1 Å². The van der Waals surface area contributed by atoms with Gasteiger partial charge < -0.3 is 10.6 Å². The van der Waals surface area contributed by atoms with Crippen molar-refractivity contribution in [1.29, 1.82) is 0 Å². The van der Waals surface area contributed by atoms with Crippen LogP contribution < -0.4 is 27.2 Å². The van der Waals surface area contributed by atoms with E-state index in [1.807, 2.05) is 13.0 Å². The average Bonchev–Trinajstić information content (AvgIpc) is 2.55. The van der Waals surface area contributed by atoms with Crippen LogP contribution in [0.1, 0.15) is 38.3 Å². The number of aryl methyl sites for hydroxylation is 1. The van der Waals surface area contributed by atoms with Gasteiger partial charge in [-0.05, 0) is 51.0 Å². The van der Waals surface area contributed by atoms with Crippen LogP contribution >= 0.6 is 9.24 Å². The van der Waals surface area contributed by atoms with Crippen LogP contribution in [-0.4, -0.2) is 29.2 Å². The molecular formula is C17H25N4O2P. The van der Waals surface area contributed by atoms with Gasteiger partial charge in [-0.1, -0.05) is 0 Å². The number of nitrogens with zero attached hydrogens (tertiary/aromatic N) is 2. The second-order valence-corrected chi connectivity index (χ2v) is 7.05. The Balaban J connectivity index is 2.35. The molecule has 2 aromatic rings. The Kier molecular flexibility index (Phi) is 4.79. The minimum atomic E-state index is -0.312. The molecule has 0 saturated heterocycles. The number of benzene rings is 1. The van der Waals surface area contributed by atoms with E-state index >= 15 is 0 Å². The van der Waals surface area contributed by atoms with Crippen LogP contribution in [0, 0.1) is 0 Å². The predicted molar refractivity (Wildman–Crippen MR) is 103 cm³/mol.